The van der Waals surface area contributed by atoms with E-state index in [9.17, 15) is 13.2 Å². The molecule has 118 valence electrons. The van der Waals surface area contributed by atoms with Gasteiger partial charge < -0.3 is 10.6 Å². The second kappa shape index (κ2) is 7.42. The Morgan fingerprint density at radius 2 is 1.81 bits per heavy atom. The molecule has 1 aromatic carbocycles. The quantitative estimate of drug-likeness (QED) is 0.794. The van der Waals surface area contributed by atoms with Crippen molar-refractivity contribution in [3.05, 3.63) is 24.3 Å². The molecule has 2 N–H and O–H groups in total. The summed E-state index contributed by atoms with van der Waals surface area (Å²) in [6.07, 6.45) is 0.884. The van der Waals surface area contributed by atoms with Crippen molar-refractivity contribution in [3.63, 3.8) is 0 Å². The second-order valence-corrected chi connectivity index (χ2v) is 7.12. The van der Waals surface area contributed by atoms with Crippen LogP contribution in [-0.4, -0.2) is 45.3 Å². The number of rotatable bonds is 7. The van der Waals surface area contributed by atoms with Crippen molar-refractivity contribution in [1.29, 1.82) is 0 Å². The SMILES string of the molecule is CCCNC(=O)C(C)Nc1ccc(S(=O)(=O)N(C)C)cc1. The molecule has 0 radical (unpaired) electrons. The molecule has 0 saturated heterocycles. The number of hydrogen-bond donors (Lipinski definition) is 2. The molecule has 7 heteroatoms. The van der Waals surface area contributed by atoms with E-state index in [1.54, 1.807) is 19.1 Å². The Labute approximate surface area is 126 Å². The third-order valence-electron chi connectivity index (χ3n) is 2.96. The van der Waals surface area contributed by atoms with Crippen molar-refractivity contribution in [2.24, 2.45) is 0 Å². The van der Waals surface area contributed by atoms with E-state index in [-0.39, 0.29) is 16.8 Å². The maximum Gasteiger partial charge on any atom is 0.242 e. The van der Waals surface area contributed by atoms with Crippen LogP contribution in [0.1, 0.15) is 20.3 Å². The van der Waals surface area contributed by atoms with Crippen LogP contribution in [-0.2, 0) is 14.8 Å². The van der Waals surface area contributed by atoms with Gasteiger partial charge in [0, 0.05) is 26.3 Å². The first-order chi connectivity index (χ1) is 9.78. The van der Waals surface area contributed by atoms with Gasteiger partial charge in [-0.1, -0.05) is 6.92 Å². The molecule has 0 saturated carbocycles. The van der Waals surface area contributed by atoms with Gasteiger partial charge in [-0.2, -0.15) is 0 Å². The molecule has 1 rings (SSSR count). The molecule has 1 unspecified atom stereocenters. The molecule has 0 heterocycles. The Morgan fingerprint density at radius 3 is 2.29 bits per heavy atom. The zero-order valence-corrected chi connectivity index (χ0v) is 13.7. The van der Waals surface area contributed by atoms with E-state index < -0.39 is 10.0 Å². The Morgan fingerprint density at radius 1 is 1.24 bits per heavy atom. The number of sulfonamides is 1. The summed E-state index contributed by atoms with van der Waals surface area (Å²) in [5.41, 5.74) is 0.701. The zero-order chi connectivity index (χ0) is 16.0. The topological polar surface area (TPSA) is 78.5 Å². The van der Waals surface area contributed by atoms with Crippen molar-refractivity contribution in [2.45, 2.75) is 31.2 Å². The van der Waals surface area contributed by atoms with E-state index in [4.69, 9.17) is 0 Å². The smallest absolute Gasteiger partial charge is 0.242 e. The monoisotopic (exact) mass is 313 g/mol. The highest BCUT2D eigenvalue weighted by Gasteiger charge is 2.17. The number of benzene rings is 1. The summed E-state index contributed by atoms with van der Waals surface area (Å²) >= 11 is 0. The van der Waals surface area contributed by atoms with Gasteiger partial charge in [0.2, 0.25) is 15.9 Å². The van der Waals surface area contributed by atoms with Crippen molar-refractivity contribution in [1.82, 2.24) is 9.62 Å². The second-order valence-electron chi connectivity index (χ2n) is 4.97. The van der Waals surface area contributed by atoms with Gasteiger partial charge in [0.15, 0.2) is 0 Å². The summed E-state index contributed by atoms with van der Waals surface area (Å²) in [6, 6.07) is 5.97. The summed E-state index contributed by atoms with van der Waals surface area (Å²) in [6.45, 7) is 4.39. The highest BCUT2D eigenvalue weighted by Crippen LogP contribution is 2.17. The standard InChI is InChI=1S/C14H23N3O3S/c1-5-10-15-14(18)11(2)16-12-6-8-13(9-7-12)21(19,20)17(3)4/h6-9,11,16H,5,10H2,1-4H3,(H,15,18). The average Bonchev–Trinajstić information content (AvgIpc) is 2.45. The van der Waals surface area contributed by atoms with E-state index in [1.165, 1.54) is 26.2 Å². The van der Waals surface area contributed by atoms with Gasteiger partial charge in [0.1, 0.15) is 6.04 Å². The minimum atomic E-state index is -3.42. The lowest BCUT2D eigenvalue weighted by atomic mass is 10.2. The minimum absolute atomic E-state index is 0.0816. The maximum absolute atomic E-state index is 11.9. The number of amides is 1. The lowest BCUT2D eigenvalue weighted by Crippen LogP contribution is -2.37. The summed E-state index contributed by atoms with van der Waals surface area (Å²) < 4.78 is 25.0. The van der Waals surface area contributed by atoms with Gasteiger partial charge in [0.25, 0.3) is 0 Å². The third kappa shape index (κ3) is 4.71. The first kappa shape index (κ1) is 17.5. The van der Waals surface area contributed by atoms with E-state index in [0.717, 1.165) is 10.7 Å². The lowest BCUT2D eigenvalue weighted by Gasteiger charge is -2.16. The molecular weight excluding hydrogens is 290 g/mol. The Hall–Kier alpha value is -1.60. The van der Waals surface area contributed by atoms with Crippen molar-refractivity contribution < 1.29 is 13.2 Å². The Balaban J connectivity index is 2.73. The van der Waals surface area contributed by atoms with Crippen LogP contribution in [0.25, 0.3) is 0 Å². The number of nitrogens with zero attached hydrogens (tertiary/aromatic N) is 1. The van der Waals surface area contributed by atoms with Gasteiger partial charge in [-0.3, -0.25) is 4.79 Å². The fraction of sp³-hybridized carbons (Fsp3) is 0.500. The highest BCUT2D eigenvalue weighted by molar-refractivity contribution is 7.89. The molecule has 0 bridgehead atoms. The van der Waals surface area contributed by atoms with Crippen molar-refractivity contribution in [3.8, 4) is 0 Å². The fourth-order valence-corrected chi connectivity index (χ4v) is 2.55. The fourth-order valence-electron chi connectivity index (χ4n) is 1.65. The van der Waals surface area contributed by atoms with Gasteiger partial charge in [-0.15, -0.1) is 0 Å². The molecule has 6 nitrogen and oxygen atoms in total. The van der Waals surface area contributed by atoms with Gasteiger partial charge in [-0.25, -0.2) is 12.7 Å². The van der Waals surface area contributed by atoms with Gasteiger partial charge in [0.05, 0.1) is 4.90 Å². The number of carbonyl (C=O) groups is 1. The zero-order valence-electron chi connectivity index (χ0n) is 12.9. The summed E-state index contributed by atoms with van der Waals surface area (Å²) in [5, 5.41) is 5.84. The third-order valence-corrected chi connectivity index (χ3v) is 4.79. The Bertz CT molecular complexity index is 568. The molecule has 1 amide bonds. The Kier molecular flexibility index (Phi) is 6.17. The minimum Gasteiger partial charge on any atom is -0.374 e. The molecular formula is C14H23N3O3S. The molecule has 0 aliphatic carbocycles. The molecule has 1 atom stereocenters. The number of nitrogens with one attached hydrogen (secondary N) is 2. The normalized spacial score (nSPS) is 13.0. The van der Waals surface area contributed by atoms with E-state index in [1.807, 2.05) is 6.92 Å². The summed E-state index contributed by atoms with van der Waals surface area (Å²) in [5.74, 6) is -0.0816. The summed E-state index contributed by atoms with van der Waals surface area (Å²) in [7, 11) is -0.449. The lowest BCUT2D eigenvalue weighted by molar-refractivity contribution is -0.121. The molecule has 0 aliphatic heterocycles. The van der Waals surface area contributed by atoms with Crippen LogP contribution >= 0.6 is 0 Å². The van der Waals surface area contributed by atoms with Gasteiger partial charge in [-0.05, 0) is 37.6 Å². The van der Waals surface area contributed by atoms with E-state index >= 15 is 0 Å². The van der Waals surface area contributed by atoms with Crippen LogP contribution in [0.2, 0.25) is 0 Å². The molecule has 0 fully saturated rings. The first-order valence-electron chi connectivity index (χ1n) is 6.86. The predicted octanol–water partition coefficient (Wildman–Crippen LogP) is 1.26. The first-order valence-corrected chi connectivity index (χ1v) is 8.30. The molecule has 1 aromatic rings. The molecule has 0 aromatic heterocycles. The average molecular weight is 313 g/mol. The summed E-state index contributed by atoms with van der Waals surface area (Å²) in [4.78, 5) is 12.0. The maximum atomic E-state index is 11.9. The largest absolute Gasteiger partial charge is 0.374 e. The van der Waals surface area contributed by atoms with Crippen LogP contribution in [0.5, 0.6) is 0 Å². The molecule has 0 aliphatic rings. The van der Waals surface area contributed by atoms with Crippen LogP contribution < -0.4 is 10.6 Å². The van der Waals surface area contributed by atoms with Crippen LogP contribution in [0.15, 0.2) is 29.2 Å². The van der Waals surface area contributed by atoms with E-state index in [2.05, 4.69) is 10.6 Å². The van der Waals surface area contributed by atoms with Crippen molar-refractivity contribution >= 4 is 21.6 Å². The number of carbonyl (C=O) groups excluding carboxylic acids is 1. The van der Waals surface area contributed by atoms with Crippen molar-refractivity contribution in [2.75, 3.05) is 26.0 Å². The molecule has 0 spiro atoms. The van der Waals surface area contributed by atoms with Crippen LogP contribution in [0, 0.1) is 0 Å². The van der Waals surface area contributed by atoms with Crippen LogP contribution in [0.3, 0.4) is 0 Å². The van der Waals surface area contributed by atoms with Gasteiger partial charge >= 0.3 is 0 Å². The van der Waals surface area contributed by atoms with Crippen LogP contribution in [0.4, 0.5) is 5.69 Å². The molecule has 21 heavy (non-hydrogen) atoms. The number of anilines is 1. The predicted molar refractivity (Wildman–Crippen MR) is 83.7 cm³/mol. The number of hydrogen-bond acceptors (Lipinski definition) is 4. The highest BCUT2D eigenvalue weighted by atomic mass is 32.2. The van der Waals surface area contributed by atoms with E-state index in [0.29, 0.717) is 12.2 Å².